The quantitative estimate of drug-likeness (QED) is 0.445. The van der Waals surface area contributed by atoms with E-state index < -0.39 is 0 Å². The average Bonchev–Trinajstić information content (AvgIpc) is 3.46. The number of amides is 1. The summed E-state index contributed by atoms with van der Waals surface area (Å²) < 4.78 is 1.94. The van der Waals surface area contributed by atoms with Crippen LogP contribution in [0.5, 0.6) is 0 Å². The molecule has 2 aromatic heterocycles. The van der Waals surface area contributed by atoms with Gasteiger partial charge in [-0.1, -0.05) is 24.1 Å². The van der Waals surface area contributed by atoms with Crippen molar-refractivity contribution >= 4 is 17.2 Å². The Kier molecular flexibility index (Phi) is 6.37. The Bertz CT molecular complexity index is 1460. The summed E-state index contributed by atoms with van der Waals surface area (Å²) in [6.45, 7) is 6.48. The number of fused-ring (bicyclic) bond motifs is 1. The van der Waals surface area contributed by atoms with E-state index in [1.54, 1.807) is 6.20 Å². The van der Waals surface area contributed by atoms with Crippen molar-refractivity contribution in [2.45, 2.75) is 32.9 Å². The summed E-state index contributed by atoms with van der Waals surface area (Å²) in [5, 5.41) is 12.8. The van der Waals surface area contributed by atoms with Gasteiger partial charge in [-0.15, -0.1) is 0 Å². The monoisotopic (exact) mass is 464 g/mol. The van der Waals surface area contributed by atoms with Gasteiger partial charge < -0.3 is 10.4 Å². The third-order valence-corrected chi connectivity index (χ3v) is 6.48. The van der Waals surface area contributed by atoms with Gasteiger partial charge in [-0.2, -0.15) is 0 Å². The van der Waals surface area contributed by atoms with Crippen molar-refractivity contribution in [3.05, 3.63) is 101 Å². The van der Waals surface area contributed by atoms with Gasteiger partial charge in [0.1, 0.15) is 11.3 Å². The first-order chi connectivity index (χ1) is 17.0. The van der Waals surface area contributed by atoms with Crippen LogP contribution in [-0.2, 0) is 6.54 Å². The molecule has 1 aliphatic rings. The molecule has 1 aliphatic heterocycles. The molecule has 2 N–H and O–H groups in total. The Hall–Kier alpha value is -3.92. The smallest absolute Gasteiger partial charge is 0.255 e. The zero-order chi connectivity index (χ0) is 24.4. The fourth-order valence-electron chi connectivity index (χ4n) is 4.41. The number of imidazole rings is 1. The molecule has 0 radical (unpaired) electrons. The van der Waals surface area contributed by atoms with E-state index in [0.717, 1.165) is 53.2 Å². The number of β-amino-alcohol motifs (C(OH)–C–C–N with tert-alkyl or cyclic N) is 1. The summed E-state index contributed by atoms with van der Waals surface area (Å²) in [6, 6.07) is 17.4. The largest absolute Gasteiger partial charge is 0.392 e. The van der Waals surface area contributed by atoms with E-state index in [1.165, 1.54) is 5.56 Å². The lowest BCUT2D eigenvalue weighted by Gasteiger charge is -2.17. The lowest BCUT2D eigenvalue weighted by molar-refractivity contribution is 0.102. The van der Waals surface area contributed by atoms with Crippen LogP contribution >= 0.6 is 0 Å². The van der Waals surface area contributed by atoms with Crippen LogP contribution in [-0.4, -0.2) is 44.5 Å². The molecule has 5 rings (SSSR count). The maximum atomic E-state index is 13.0. The number of nitrogens with one attached hydrogen (secondary N) is 1. The highest BCUT2D eigenvalue weighted by atomic mass is 16.3. The topological polar surface area (TPSA) is 69.9 Å². The van der Waals surface area contributed by atoms with Crippen molar-refractivity contribution in [2.75, 3.05) is 18.4 Å². The van der Waals surface area contributed by atoms with Gasteiger partial charge in [0.25, 0.3) is 5.91 Å². The van der Waals surface area contributed by atoms with Crippen molar-refractivity contribution in [2.24, 2.45) is 0 Å². The first-order valence-corrected chi connectivity index (χ1v) is 11.8. The molecular formula is C29H28N4O2. The van der Waals surface area contributed by atoms with Crippen LogP contribution in [0, 0.1) is 25.7 Å². The number of hydrogen-bond acceptors (Lipinski definition) is 4. The fraction of sp³-hybridized carbons (Fsp3) is 0.241. The number of likely N-dealkylation sites (tertiary alicyclic amines) is 1. The zero-order valence-corrected chi connectivity index (χ0v) is 20.0. The van der Waals surface area contributed by atoms with Gasteiger partial charge in [0.2, 0.25) is 0 Å². The lowest BCUT2D eigenvalue weighted by atomic mass is 10.0. The molecule has 6 heteroatoms. The van der Waals surface area contributed by atoms with Crippen LogP contribution in [0.4, 0.5) is 5.69 Å². The van der Waals surface area contributed by atoms with E-state index >= 15 is 0 Å². The molecule has 0 spiro atoms. The van der Waals surface area contributed by atoms with Crippen LogP contribution in [0.25, 0.3) is 5.65 Å². The number of anilines is 1. The summed E-state index contributed by atoms with van der Waals surface area (Å²) in [6.07, 6.45) is 4.30. The Labute approximate surface area is 205 Å². The van der Waals surface area contributed by atoms with E-state index in [-0.39, 0.29) is 12.0 Å². The van der Waals surface area contributed by atoms with Crippen molar-refractivity contribution in [1.29, 1.82) is 0 Å². The van der Waals surface area contributed by atoms with Crippen molar-refractivity contribution in [3.63, 3.8) is 0 Å². The highest BCUT2D eigenvalue weighted by molar-refractivity contribution is 6.04. The average molecular weight is 465 g/mol. The van der Waals surface area contributed by atoms with Crippen LogP contribution in [0.3, 0.4) is 0 Å². The van der Waals surface area contributed by atoms with E-state index in [4.69, 9.17) is 0 Å². The van der Waals surface area contributed by atoms with E-state index in [9.17, 15) is 9.90 Å². The molecule has 0 bridgehead atoms. The van der Waals surface area contributed by atoms with E-state index in [2.05, 4.69) is 40.0 Å². The summed E-state index contributed by atoms with van der Waals surface area (Å²) in [5.74, 6) is 6.22. The molecule has 35 heavy (non-hydrogen) atoms. The summed E-state index contributed by atoms with van der Waals surface area (Å²) >= 11 is 0. The third kappa shape index (κ3) is 5.12. The molecule has 4 aromatic rings. The molecular weight excluding hydrogens is 436 g/mol. The number of rotatable bonds is 4. The predicted molar refractivity (Wildman–Crippen MR) is 137 cm³/mol. The third-order valence-electron chi connectivity index (χ3n) is 6.48. The molecule has 0 unspecified atom stereocenters. The molecule has 0 aliphatic carbocycles. The summed E-state index contributed by atoms with van der Waals surface area (Å²) in [4.78, 5) is 19.6. The minimum Gasteiger partial charge on any atom is -0.392 e. The van der Waals surface area contributed by atoms with Crippen molar-refractivity contribution in [3.8, 4) is 11.8 Å². The molecule has 1 atom stereocenters. The van der Waals surface area contributed by atoms with Gasteiger partial charge in [-0.3, -0.25) is 14.1 Å². The SMILES string of the molecule is Cc1ccc(C(=O)Nc2ccc(CN3CC[C@@H](O)C3)c(C)c2)cc1C#Cc1cnc2ccccn12. The van der Waals surface area contributed by atoms with Gasteiger partial charge in [0.05, 0.1) is 12.3 Å². The molecule has 1 fully saturated rings. The number of nitrogens with zero attached hydrogens (tertiary/aromatic N) is 3. The molecule has 1 amide bonds. The predicted octanol–water partition coefficient (Wildman–Crippen LogP) is 4.17. The number of hydrogen-bond donors (Lipinski definition) is 2. The van der Waals surface area contributed by atoms with Gasteiger partial charge in [-0.25, -0.2) is 4.98 Å². The Morgan fingerprint density at radius 1 is 1.11 bits per heavy atom. The van der Waals surface area contributed by atoms with Gasteiger partial charge in [0.15, 0.2) is 0 Å². The number of pyridine rings is 1. The molecule has 0 saturated carbocycles. The van der Waals surface area contributed by atoms with Crippen LogP contribution in [0.15, 0.2) is 67.0 Å². The van der Waals surface area contributed by atoms with Gasteiger partial charge in [0, 0.05) is 42.6 Å². The highest BCUT2D eigenvalue weighted by Gasteiger charge is 2.20. The second-order valence-corrected chi connectivity index (χ2v) is 9.12. The minimum atomic E-state index is -0.225. The molecule has 3 heterocycles. The standard InChI is InChI=1S/C29H28N4O2/c1-20-6-7-23(16-22(20)9-11-26-17-30-28-5-3-4-13-33(26)28)29(35)31-25-10-8-24(21(2)15-25)18-32-14-12-27(34)19-32/h3-8,10,13,15-17,27,34H,12,14,18-19H2,1-2H3,(H,31,35)/t27-/m1/s1. The fourth-order valence-corrected chi connectivity index (χ4v) is 4.41. The maximum Gasteiger partial charge on any atom is 0.255 e. The van der Waals surface area contributed by atoms with E-state index in [1.807, 2.05) is 66.1 Å². The Balaban J connectivity index is 1.31. The molecule has 1 saturated heterocycles. The minimum absolute atomic E-state index is 0.169. The number of aryl methyl sites for hydroxylation is 2. The summed E-state index contributed by atoms with van der Waals surface area (Å²) in [5.41, 5.74) is 7.11. The van der Waals surface area contributed by atoms with Crippen LogP contribution < -0.4 is 5.32 Å². The molecule has 6 nitrogen and oxygen atoms in total. The highest BCUT2D eigenvalue weighted by Crippen LogP contribution is 2.21. The zero-order valence-electron chi connectivity index (χ0n) is 20.0. The molecule has 2 aromatic carbocycles. The second-order valence-electron chi connectivity index (χ2n) is 9.12. The normalized spacial score (nSPS) is 15.7. The van der Waals surface area contributed by atoms with E-state index in [0.29, 0.717) is 12.1 Å². The Morgan fingerprint density at radius 2 is 2.00 bits per heavy atom. The number of aromatic nitrogens is 2. The first-order valence-electron chi connectivity index (χ1n) is 11.8. The second kappa shape index (κ2) is 9.75. The lowest BCUT2D eigenvalue weighted by Crippen LogP contribution is -2.22. The van der Waals surface area contributed by atoms with Crippen molar-refractivity contribution in [1.82, 2.24) is 14.3 Å². The number of benzene rings is 2. The number of carbonyl (C=O) groups excluding carboxylic acids is 1. The van der Waals surface area contributed by atoms with Crippen LogP contribution in [0.2, 0.25) is 0 Å². The maximum absolute atomic E-state index is 13.0. The number of aliphatic hydroxyl groups excluding tert-OH is 1. The van der Waals surface area contributed by atoms with Crippen molar-refractivity contribution < 1.29 is 9.90 Å². The first kappa shape index (κ1) is 22.9. The van der Waals surface area contributed by atoms with Gasteiger partial charge >= 0.3 is 0 Å². The number of carbonyl (C=O) groups is 1. The van der Waals surface area contributed by atoms with Crippen LogP contribution in [0.1, 0.15) is 44.7 Å². The number of aliphatic hydroxyl groups is 1. The van der Waals surface area contributed by atoms with Gasteiger partial charge in [-0.05, 0) is 79.3 Å². The summed E-state index contributed by atoms with van der Waals surface area (Å²) in [7, 11) is 0. The molecule has 176 valence electrons. The Morgan fingerprint density at radius 3 is 2.80 bits per heavy atom.